The zero-order valence-corrected chi connectivity index (χ0v) is 19.7. The molecular formula is C23H25ClFN5O4. The first-order valence-corrected chi connectivity index (χ1v) is 11.1. The molecule has 1 amide bonds. The molecule has 0 unspecified atom stereocenters. The molecule has 1 aliphatic heterocycles. The van der Waals surface area contributed by atoms with E-state index in [1.54, 1.807) is 31.4 Å². The number of piperidine rings is 1. The number of rotatable bonds is 6. The van der Waals surface area contributed by atoms with Gasteiger partial charge in [-0.3, -0.25) is 4.90 Å². The number of nitrogens with zero attached hydrogens (tertiary/aromatic N) is 3. The van der Waals surface area contributed by atoms with E-state index in [0.29, 0.717) is 41.2 Å². The smallest absolute Gasteiger partial charge is 0.408 e. The van der Waals surface area contributed by atoms with Crippen molar-refractivity contribution in [3.63, 3.8) is 0 Å². The van der Waals surface area contributed by atoms with Crippen molar-refractivity contribution in [2.75, 3.05) is 33.1 Å². The highest BCUT2D eigenvalue weighted by Crippen LogP contribution is 2.37. The molecule has 34 heavy (non-hydrogen) atoms. The maximum Gasteiger partial charge on any atom is 0.408 e. The second kappa shape index (κ2) is 10.3. The van der Waals surface area contributed by atoms with Gasteiger partial charge in [-0.15, -0.1) is 0 Å². The first kappa shape index (κ1) is 23.8. The number of carbonyl (C=O) groups is 1. The van der Waals surface area contributed by atoms with Crippen LogP contribution in [0.2, 0.25) is 5.02 Å². The molecule has 11 heteroatoms. The van der Waals surface area contributed by atoms with Crippen molar-refractivity contribution in [2.24, 2.45) is 0 Å². The Morgan fingerprint density at radius 1 is 1.26 bits per heavy atom. The number of alkyl carbamates (subject to hydrolysis) is 1. The van der Waals surface area contributed by atoms with Gasteiger partial charge < -0.3 is 24.8 Å². The molecule has 2 N–H and O–H groups in total. The summed E-state index contributed by atoms with van der Waals surface area (Å²) in [4.78, 5) is 22.2. The third kappa shape index (κ3) is 5.07. The minimum absolute atomic E-state index is 0.00449. The van der Waals surface area contributed by atoms with Gasteiger partial charge in [0.2, 0.25) is 0 Å². The lowest BCUT2D eigenvalue weighted by Gasteiger charge is -2.36. The van der Waals surface area contributed by atoms with E-state index in [-0.39, 0.29) is 16.8 Å². The van der Waals surface area contributed by atoms with E-state index in [2.05, 4.69) is 20.6 Å². The Kier molecular flexibility index (Phi) is 7.18. The van der Waals surface area contributed by atoms with Crippen LogP contribution < -0.4 is 20.1 Å². The van der Waals surface area contributed by atoms with Crippen LogP contribution in [0.25, 0.3) is 10.9 Å². The topological polar surface area (TPSA) is 97.8 Å². The van der Waals surface area contributed by atoms with Crippen LogP contribution in [0.3, 0.4) is 0 Å². The van der Waals surface area contributed by atoms with Gasteiger partial charge in [0.05, 0.1) is 23.3 Å². The van der Waals surface area contributed by atoms with Crippen LogP contribution in [-0.4, -0.2) is 61.0 Å². The number of amides is 1. The van der Waals surface area contributed by atoms with Gasteiger partial charge in [-0.2, -0.15) is 0 Å². The fourth-order valence-corrected chi connectivity index (χ4v) is 3.94. The summed E-state index contributed by atoms with van der Waals surface area (Å²) in [7, 11) is 4.95. The number of methoxy groups -OCH3 is 1. The monoisotopic (exact) mass is 489 g/mol. The summed E-state index contributed by atoms with van der Waals surface area (Å²) in [5.74, 6) is 0.790. The van der Waals surface area contributed by atoms with Gasteiger partial charge in [-0.25, -0.2) is 19.2 Å². The molecule has 1 saturated heterocycles. The van der Waals surface area contributed by atoms with Crippen molar-refractivity contribution < 1.29 is 23.4 Å². The first-order valence-electron chi connectivity index (χ1n) is 10.7. The lowest BCUT2D eigenvalue weighted by molar-refractivity contribution is -0.0551. The van der Waals surface area contributed by atoms with Crippen LogP contribution >= 0.6 is 11.6 Å². The third-order valence-electron chi connectivity index (χ3n) is 5.63. The van der Waals surface area contributed by atoms with E-state index in [1.165, 1.54) is 19.4 Å². The molecule has 0 radical (unpaired) electrons. The van der Waals surface area contributed by atoms with Crippen molar-refractivity contribution >= 4 is 40.1 Å². The second-order valence-electron chi connectivity index (χ2n) is 7.82. The van der Waals surface area contributed by atoms with E-state index in [9.17, 15) is 9.18 Å². The third-order valence-corrected chi connectivity index (χ3v) is 5.92. The van der Waals surface area contributed by atoms with Crippen LogP contribution in [0.1, 0.15) is 12.8 Å². The highest BCUT2D eigenvalue weighted by atomic mass is 35.5. The van der Waals surface area contributed by atoms with Gasteiger partial charge in [0.25, 0.3) is 0 Å². The molecule has 0 bridgehead atoms. The molecule has 180 valence electrons. The predicted octanol–water partition coefficient (Wildman–Crippen LogP) is 4.33. The van der Waals surface area contributed by atoms with Crippen molar-refractivity contribution in [1.82, 2.24) is 20.2 Å². The number of halogens is 2. The molecule has 1 aliphatic rings. The van der Waals surface area contributed by atoms with E-state index in [1.807, 2.05) is 11.9 Å². The maximum atomic E-state index is 14.5. The van der Waals surface area contributed by atoms with Crippen LogP contribution in [0.5, 0.6) is 11.5 Å². The standard InChI is InChI=1S/C23H25ClFN5O4/c1-26-23(31)34-20-9-13(7-8-30(20)2)33-19-10-14-17(11-18(19)32-3)27-12-28-22(14)29-16-6-4-5-15(24)21(16)25/h4-6,10-13,20H,7-9H2,1-3H3,(H,26,31)(H,27,28,29)/t13-,20-/m1/s1. The van der Waals surface area contributed by atoms with Gasteiger partial charge in [0.1, 0.15) is 18.2 Å². The summed E-state index contributed by atoms with van der Waals surface area (Å²) in [5.41, 5.74) is 0.781. The number of nitrogens with one attached hydrogen (secondary N) is 2. The normalized spacial score (nSPS) is 18.4. The highest BCUT2D eigenvalue weighted by Gasteiger charge is 2.30. The Bertz CT molecular complexity index is 1200. The van der Waals surface area contributed by atoms with Crippen LogP contribution in [0.15, 0.2) is 36.7 Å². The summed E-state index contributed by atoms with van der Waals surface area (Å²) in [6, 6.07) is 8.18. The molecule has 2 aromatic carbocycles. The zero-order valence-electron chi connectivity index (χ0n) is 19.0. The minimum Gasteiger partial charge on any atom is -0.493 e. The van der Waals surface area contributed by atoms with Crippen LogP contribution in [0.4, 0.5) is 20.7 Å². The molecule has 3 aromatic rings. The molecular weight excluding hydrogens is 465 g/mol. The van der Waals surface area contributed by atoms with Crippen molar-refractivity contribution in [1.29, 1.82) is 0 Å². The SMILES string of the molecule is CNC(=O)O[C@@H]1C[C@H](Oc2cc3c(Nc4cccc(Cl)c4F)ncnc3cc2OC)CCN1C. The number of anilines is 2. The second-order valence-corrected chi connectivity index (χ2v) is 8.23. The molecule has 0 spiro atoms. The van der Waals surface area contributed by atoms with Gasteiger partial charge in [-0.1, -0.05) is 17.7 Å². The van der Waals surface area contributed by atoms with E-state index in [4.69, 9.17) is 25.8 Å². The Balaban J connectivity index is 1.63. The Hall–Kier alpha value is -3.37. The zero-order chi connectivity index (χ0) is 24.2. The molecule has 2 heterocycles. The number of benzene rings is 2. The number of likely N-dealkylation sites (tertiary alicyclic amines) is 1. The fraction of sp³-hybridized carbons (Fsp3) is 0.348. The van der Waals surface area contributed by atoms with E-state index < -0.39 is 18.1 Å². The maximum absolute atomic E-state index is 14.5. The summed E-state index contributed by atoms with van der Waals surface area (Å²) >= 11 is 5.91. The summed E-state index contributed by atoms with van der Waals surface area (Å²) in [6.07, 6.45) is 1.46. The fourth-order valence-electron chi connectivity index (χ4n) is 3.76. The lowest BCUT2D eigenvalue weighted by Crippen LogP contribution is -2.47. The molecule has 4 rings (SSSR count). The van der Waals surface area contributed by atoms with Crippen LogP contribution in [-0.2, 0) is 4.74 Å². The summed E-state index contributed by atoms with van der Waals surface area (Å²) in [6.45, 7) is 0.687. The Morgan fingerprint density at radius 3 is 2.85 bits per heavy atom. The number of ether oxygens (including phenoxy) is 3. The summed E-state index contributed by atoms with van der Waals surface area (Å²) in [5, 5.41) is 6.07. The number of aromatic nitrogens is 2. The molecule has 9 nitrogen and oxygen atoms in total. The Morgan fingerprint density at radius 2 is 2.09 bits per heavy atom. The number of hydrogen-bond acceptors (Lipinski definition) is 8. The molecule has 0 saturated carbocycles. The van der Waals surface area contributed by atoms with Crippen molar-refractivity contribution in [3.05, 3.63) is 47.5 Å². The Labute approximate surface area is 201 Å². The van der Waals surface area contributed by atoms with Crippen molar-refractivity contribution in [3.8, 4) is 11.5 Å². The van der Waals surface area contributed by atoms with E-state index >= 15 is 0 Å². The van der Waals surface area contributed by atoms with E-state index in [0.717, 1.165) is 6.42 Å². The number of hydrogen-bond donors (Lipinski definition) is 2. The average Bonchev–Trinajstić information content (AvgIpc) is 2.84. The van der Waals surface area contributed by atoms with Gasteiger partial charge in [0.15, 0.2) is 23.5 Å². The first-order chi connectivity index (χ1) is 16.4. The van der Waals surface area contributed by atoms with Gasteiger partial charge >= 0.3 is 6.09 Å². The molecule has 1 aromatic heterocycles. The van der Waals surface area contributed by atoms with Crippen molar-refractivity contribution in [2.45, 2.75) is 25.2 Å². The summed E-state index contributed by atoms with van der Waals surface area (Å²) < 4.78 is 31.7. The number of fused-ring (bicyclic) bond motifs is 1. The average molecular weight is 490 g/mol. The largest absolute Gasteiger partial charge is 0.493 e. The number of carbonyl (C=O) groups excluding carboxylic acids is 1. The van der Waals surface area contributed by atoms with Gasteiger partial charge in [-0.05, 0) is 31.7 Å². The molecule has 1 fully saturated rings. The quantitative estimate of drug-likeness (QED) is 0.528. The predicted molar refractivity (Wildman–Crippen MR) is 126 cm³/mol. The molecule has 0 aliphatic carbocycles. The highest BCUT2D eigenvalue weighted by molar-refractivity contribution is 6.31. The lowest BCUT2D eigenvalue weighted by atomic mass is 10.1. The van der Waals surface area contributed by atoms with Crippen LogP contribution in [0, 0.1) is 5.82 Å². The molecule has 2 atom stereocenters. The van der Waals surface area contributed by atoms with Gasteiger partial charge in [0, 0.05) is 31.5 Å². The minimum atomic E-state index is -0.575.